The van der Waals surface area contributed by atoms with Crippen LogP contribution in [0.4, 0.5) is 5.69 Å². The number of nitrogens with one attached hydrogen (secondary N) is 1. The molecule has 4 heteroatoms. The summed E-state index contributed by atoms with van der Waals surface area (Å²) in [6.45, 7) is 1.42. The molecule has 3 nitrogen and oxygen atoms in total. The first-order valence-electron chi connectivity index (χ1n) is 3.07. The van der Waals surface area contributed by atoms with Gasteiger partial charge in [0.05, 0.1) is 16.9 Å². The number of rotatable bonds is 1. The van der Waals surface area contributed by atoms with Crippen molar-refractivity contribution in [3.63, 3.8) is 0 Å². The Hall–Kier alpha value is -1.09. The van der Waals surface area contributed by atoms with Gasteiger partial charge >= 0.3 is 0 Å². The molecule has 0 saturated heterocycles. The smallest absolute Gasteiger partial charge is 0.221 e. The van der Waals surface area contributed by atoms with Gasteiger partial charge in [-0.2, -0.15) is 0 Å². The van der Waals surface area contributed by atoms with Crippen LogP contribution in [0.25, 0.3) is 0 Å². The molecule has 0 aliphatic heterocycles. The first-order chi connectivity index (χ1) is 5.20. The molecule has 0 saturated carbocycles. The van der Waals surface area contributed by atoms with E-state index in [2.05, 4.69) is 10.3 Å². The SMILES string of the molecule is CC(=O)Nc1cnccc1Cl. The van der Waals surface area contributed by atoms with Crippen molar-refractivity contribution in [3.8, 4) is 0 Å². The standard InChI is InChI=1S/C7H7ClN2O/c1-5(11)10-7-4-9-3-2-6(7)8/h2-4H,1H3,(H,10,11). The summed E-state index contributed by atoms with van der Waals surface area (Å²) in [5.41, 5.74) is 0.543. The van der Waals surface area contributed by atoms with Gasteiger partial charge in [0, 0.05) is 13.1 Å². The first-order valence-corrected chi connectivity index (χ1v) is 3.45. The molecule has 1 rings (SSSR count). The molecule has 1 aromatic rings. The van der Waals surface area contributed by atoms with Gasteiger partial charge in [-0.15, -0.1) is 0 Å². The summed E-state index contributed by atoms with van der Waals surface area (Å²) < 4.78 is 0. The van der Waals surface area contributed by atoms with Gasteiger partial charge in [-0.3, -0.25) is 9.78 Å². The van der Waals surface area contributed by atoms with Gasteiger partial charge in [0.2, 0.25) is 5.91 Å². The topological polar surface area (TPSA) is 42.0 Å². The van der Waals surface area contributed by atoms with Crippen molar-refractivity contribution >= 4 is 23.2 Å². The minimum atomic E-state index is -0.153. The number of hydrogen-bond donors (Lipinski definition) is 1. The van der Waals surface area contributed by atoms with E-state index in [1.165, 1.54) is 13.1 Å². The Balaban J connectivity index is 2.86. The Bertz CT molecular complexity index is 275. The third kappa shape index (κ3) is 2.20. The molecule has 1 amide bonds. The van der Waals surface area contributed by atoms with E-state index in [0.29, 0.717) is 10.7 Å². The van der Waals surface area contributed by atoms with Crippen molar-refractivity contribution in [2.45, 2.75) is 6.92 Å². The number of nitrogens with zero attached hydrogens (tertiary/aromatic N) is 1. The fourth-order valence-corrected chi connectivity index (χ4v) is 0.811. The summed E-state index contributed by atoms with van der Waals surface area (Å²) in [6.07, 6.45) is 3.07. The number of anilines is 1. The molecule has 0 bridgehead atoms. The second kappa shape index (κ2) is 3.34. The molecule has 0 spiro atoms. The van der Waals surface area contributed by atoms with E-state index >= 15 is 0 Å². The monoisotopic (exact) mass is 170 g/mol. The van der Waals surface area contributed by atoms with Gasteiger partial charge in [-0.25, -0.2) is 0 Å². The lowest BCUT2D eigenvalue weighted by Gasteiger charge is -2.01. The van der Waals surface area contributed by atoms with Crippen LogP contribution in [0, 0.1) is 0 Å². The minimum absolute atomic E-state index is 0.153. The molecule has 1 heterocycles. The van der Waals surface area contributed by atoms with Crippen LogP contribution in [0.1, 0.15) is 6.92 Å². The van der Waals surface area contributed by atoms with Gasteiger partial charge in [-0.1, -0.05) is 11.6 Å². The average Bonchev–Trinajstić information content (AvgIpc) is 1.93. The molecule has 0 aliphatic rings. The highest BCUT2D eigenvalue weighted by molar-refractivity contribution is 6.33. The molecule has 1 aromatic heterocycles. The van der Waals surface area contributed by atoms with Crippen LogP contribution in [-0.4, -0.2) is 10.9 Å². The molecule has 11 heavy (non-hydrogen) atoms. The van der Waals surface area contributed by atoms with E-state index in [4.69, 9.17) is 11.6 Å². The zero-order valence-corrected chi connectivity index (χ0v) is 6.72. The Kier molecular flexibility index (Phi) is 2.44. The molecule has 0 aliphatic carbocycles. The van der Waals surface area contributed by atoms with E-state index in [-0.39, 0.29) is 5.91 Å². The van der Waals surface area contributed by atoms with Crippen molar-refractivity contribution in [1.29, 1.82) is 0 Å². The van der Waals surface area contributed by atoms with Crippen LogP contribution in [0.5, 0.6) is 0 Å². The van der Waals surface area contributed by atoms with E-state index in [1.54, 1.807) is 12.3 Å². The van der Waals surface area contributed by atoms with Crippen molar-refractivity contribution < 1.29 is 4.79 Å². The lowest BCUT2D eigenvalue weighted by Crippen LogP contribution is -2.06. The van der Waals surface area contributed by atoms with Crippen molar-refractivity contribution in [3.05, 3.63) is 23.5 Å². The first kappa shape index (κ1) is 8.01. The number of carbonyl (C=O) groups is 1. The normalized spacial score (nSPS) is 9.27. The second-order valence-corrected chi connectivity index (χ2v) is 2.44. The quantitative estimate of drug-likeness (QED) is 0.697. The van der Waals surface area contributed by atoms with E-state index in [9.17, 15) is 4.79 Å². The van der Waals surface area contributed by atoms with E-state index < -0.39 is 0 Å². The zero-order valence-electron chi connectivity index (χ0n) is 5.97. The summed E-state index contributed by atoms with van der Waals surface area (Å²) in [4.78, 5) is 14.4. The van der Waals surface area contributed by atoms with Crippen LogP contribution < -0.4 is 5.32 Å². The molecular weight excluding hydrogens is 164 g/mol. The van der Waals surface area contributed by atoms with E-state index in [0.717, 1.165) is 0 Å². The number of amides is 1. The summed E-state index contributed by atoms with van der Waals surface area (Å²) in [6, 6.07) is 1.62. The van der Waals surface area contributed by atoms with Crippen molar-refractivity contribution in [2.75, 3.05) is 5.32 Å². The number of hydrogen-bond acceptors (Lipinski definition) is 2. The van der Waals surface area contributed by atoms with Crippen molar-refractivity contribution in [2.24, 2.45) is 0 Å². The second-order valence-electron chi connectivity index (χ2n) is 2.04. The van der Waals surface area contributed by atoms with Crippen LogP contribution in [0.3, 0.4) is 0 Å². The van der Waals surface area contributed by atoms with Gasteiger partial charge in [0.25, 0.3) is 0 Å². The summed E-state index contributed by atoms with van der Waals surface area (Å²) in [5.74, 6) is -0.153. The molecule has 0 aromatic carbocycles. The molecule has 58 valence electrons. The minimum Gasteiger partial charge on any atom is -0.324 e. The van der Waals surface area contributed by atoms with Crippen LogP contribution in [0.15, 0.2) is 18.5 Å². The van der Waals surface area contributed by atoms with Crippen molar-refractivity contribution in [1.82, 2.24) is 4.98 Å². The molecule has 1 N–H and O–H groups in total. The van der Waals surface area contributed by atoms with Gasteiger partial charge in [0.1, 0.15) is 0 Å². The average molecular weight is 171 g/mol. The maximum Gasteiger partial charge on any atom is 0.221 e. The number of carbonyl (C=O) groups excluding carboxylic acids is 1. The summed E-state index contributed by atoms with van der Waals surface area (Å²) >= 11 is 5.71. The largest absolute Gasteiger partial charge is 0.324 e. The highest BCUT2D eigenvalue weighted by atomic mass is 35.5. The van der Waals surface area contributed by atoms with Crippen LogP contribution in [0.2, 0.25) is 5.02 Å². The van der Waals surface area contributed by atoms with Gasteiger partial charge in [-0.05, 0) is 6.07 Å². The summed E-state index contributed by atoms with van der Waals surface area (Å²) in [7, 11) is 0. The molecule has 0 radical (unpaired) electrons. The third-order valence-corrected chi connectivity index (χ3v) is 1.41. The maximum atomic E-state index is 10.6. The Morgan fingerprint density at radius 3 is 3.00 bits per heavy atom. The molecular formula is C7H7ClN2O. The highest BCUT2D eigenvalue weighted by Gasteiger charge is 1.99. The maximum absolute atomic E-state index is 10.6. The zero-order chi connectivity index (χ0) is 8.27. The third-order valence-electron chi connectivity index (χ3n) is 1.08. The molecule has 0 atom stereocenters. The van der Waals surface area contributed by atoms with Gasteiger partial charge in [0.15, 0.2) is 0 Å². The number of aromatic nitrogens is 1. The molecule has 0 fully saturated rings. The number of pyridine rings is 1. The number of halogens is 1. The fourth-order valence-electron chi connectivity index (χ4n) is 0.659. The lowest BCUT2D eigenvalue weighted by molar-refractivity contribution is -0.114. The predicted octanol–water partition coefficient (Wildman–Crippen LogP) is 1.69. The fraction of sp³-hybridized carbons (Fsp3) is 0.143. The van der Waals surface area contributed by atoms with E-state index in [1.807, 2.05) is 0 Å². The lowest BCUT2D eigenvalue weighted by atomic mass is 10.4. The summed E-state index contributed by atoms with van der Waals surface area (Å²) in [5, 5.41) is 3.04. The van der Waals surface area contributed by atoms with Crippen LogP contribution in [-0.2, 0) is 4.79 Å². The highest BCUT2D eigenvalue weighted by Crippen LogP contribution is 2.18. The Morgan fingerprint density at radius 2 is 2.45 bits per heavy atom. The van der Waals surface area contributed by atoms with Gasteiger partial charge < -0.3 is 5.32 Å². The predicted molar refractivity (Wildman–Crippen MR) is 43.6 cm³/mol. The van der Waals surface area contributed by atoms with Crippen LogP contribution >= 0.6 is 11.6 Å². The molecule has 0 unspecified atom stereocenters. The Morgan fingerprint density at radius 1 is 1.73 bits per heavy atom. The Labute approximate surface area is 69.4 Å².